The molecular formula is C14H15F2NO4. The minimum atomic E-state index is -1.25. The Morgan fingerprint density at radius 3 is 2.52 bits per heavy atom. The van der Waals surface area contributed by atoms with Crippen LogP contribution >= 0.6 is 0 Å². The maximum atomic E-state index is 14.1. The van der Waals surface area contributed by atoms with Gasteiger partial charge in [0.05, 0.1) is 13.7 Å². The Balaban J connectivity index is 2.41. The van der Waals surface area contributed by atoms with Gasteiger partial charge < -0.3 is 14.8 Å². The second-order valence-electron chi connectivity index (χ2n) is 4.59. The molecule has 21 heavy (non-hydrogen) atoms. The van der Waals surface area contributed by atoms with E-state index < -0.39 is 35.3 Å². The lowest BCUT2D eigenvalue weighted by Gasteiger charge is -2.17. The molecule has 0 unspecified atom stereocenters. The Bertz CT molecular complexity index is 553. The zero-order chi connectivity index (χ0) is 15.6. The van der Waals surface area contributed by atoms with Crippen LogP contribution in [0.3, 0.4) is 0 Å². The summed E-state index contributed by atoms with van der Waals surface area (Å²) in [6.45, 7) is 1.93. The van der Waals surface area contributed by atoms with Crippen LogP contribution in [0.5, 0.6) is 5.75 Å². The minimum Gasteiger partial charge on any atom is -0.494 e. The summed E-state index contributed by atoms with van der Waals surface area (Å²) in [5.41, 5.74) is -0.313. The third kappa shape index (κ3) is 2.81. The molecule has 2 rings (SSSR count). The molecule has 1 aliphatic heterocycles. The number of hydrogen-bond acceptors (Lipinski definition) is 4. The van der Waals surface area contributed by atoms with Gasteiger partial charge in [-0.15, -0.1) is 0 Å². The van der Waals surface area contributed by atoms with Crippen molar-refractivity contribution in [1.82, 2.24) is 5.32 Å². The van der Waals surface area contributed by atoms with E-state index in [-0.39, 0.29) is 24.5 Å². The molecule has 1 fully saturated rings. The van der Waals surface area contributed by atoms with Gasteiger partial charge >= 0.3 is 5.97 Å². The van der Waals surface area contributed by atoms with Crippen LogP contribution in [0.4, 0.5) is 8.78 Å². The molecule has 0 aromatic heterocycles. The average Bonchev–Trinajstić information content (AvgIpc) is 2.79. The highest BCUT2D eigenvalue weighted by Crippen LogP contribution is 2.35. The van der Waals surface area contributed by atoms with Gasteiger partial charge in [-0.25, -0.2) is 8.78 Å². The molecule has 1 N–H and O–H groups in total. The van der Waals surface area contributed by atoms with Gasteiger partial charge in [0.1, 0.15) is 23.3 Å². The van der Waals surface area contributed by atoms with Crippen molar-refractivity contribution in [3.05, 3.63) is 29.3 Å². The van der Waals surface area contributed by atoms with Crippen LogP contribution in [0, 0.1) is 17.6 Å². The van der Waals surface area contributed by atoms with Crippen molar-refractivity contribution in [1.29, 1.82) is 0 Å². The number of esters is 1. The summed E-state index contributed by atoms with van der Waals surface area (Å²) in [6, 6.07) is 2.08. The summed E-state index contributed by atoms with van der Waals surface area (Å²) in [6.07, 6.45) is 0. The molecule has 5 nitrogen and oxygen atoms in total. The highest BCUT2D eigenvalue weighted by molar-refractivity contribution is 6.00. The summed E-state index contributed by atoms with van der Waals surface area (Å²) >= 11 is 0. The molecule has 0 bridgehead atoms. The van der Waals surface area contributed by atoms with Crippen molar-refractivity contribution in [2.45, 2.75) is 12.8 Å². The predicted molar refractivity (Wildman–Crippen MR) is 68.8 cm³/mol. The van der Waals surface area contributed by atoms with Crippen molar-refractivity contribution >= 4 is 11.9 Å². The third-order valence-corrected chi connectivity index (χ3v) is 3.37. The first kappa shape index (κ1) is 15.2. The fraction of sp³-hybridized carbons (Fsp3) is 0.429. The zero-order valence-electron chi connectivity index (χ0n) is 11.6. The summed E-state index contributed by atoms with van der Waals surface area (Å²) < 4.78 is 37.9. The maximum absolute atomic E-state index is 14.1. The van der Waals surface area contributed by atoms with Gasteiger partial charge in [-0.05, 0) is 6.92 Å². The topological polar surface area (TPSA) is 64.6 Å². The molecule has 1 saturated heterocycles. The number of methoxy groups -OCH3 is 1. The lowest BCUT2D eigenvalue weighted by Crippen LogP contribution is -2.28. The third-order valence-electron chi connectivity index (χ3n) is 3.37. The van der Waals surface area contributed by atoms with Gasteiger partial charge in [0.15, 0.2) is 0 Å². The highest BCUT2D eigenvalue weighted by Gasteiger charge is 2.44. The largest absolute Gasteiger partial charge is 0.494 e. The molecule has 2 atom stereocenters. The summed E-state index contributed by atoms with van der Waals surface area (Å²) in [7, 11) is 1.12. The van der Waals surface area contributed by atoms with E-state index in [0.29, 0.717) is 0 Å². The number of carbonyl (C=O) groups is 2. The Hall–Kier alpha value is -2.18. The van der Waals surface area contributed by atoms with Crippen molar-refractivity contribution in [2.24, 2.45) is 5.92 Å². The van der Waals surface area contributed by atoms with Crippen LogP contribution in [0.1, 0.15) is 18.4 Å². The number of benzene rings is 1. The first-order valence-corrected chi connectivity index (χ1v) is 6.46. The van der Waals surface area contributed by atoms with Crippen LogP contribution < -0.4 is 10.1 Å². The molecule has 1 aromatic carbocycles. The number of rotatable bonds is 4. The Morgan fingerprint density at radius 2 is 2.00 bits per heavy atom. The molecule has 1 heterocycles. The normalized spacial score (nSPS) is 21.0. The van der Waals surface area contributed by atoms with E-state index in [9.17, 15) is 18.4 Å². The second-order valence-corrected chi connectivity index (χ2v) is 4.59. The van der Waals surface area contributed by atoms with E-state index >= 15 is 0 Å². The van der Waals surface area contributed by atoms with Crippen molar-refractivity contribution in [2.75, 3.05) is 20.3 Å². The summed E-state index contributed by atoms with van der Waals surface area (Å²) in [5, 5.41) is 2.42. The Labute approximate surface area is 120 Å². The maximum Gasteiger partial charge on any atom is 0.318 e. The van der Waals surface area contributed by atoms with Crippen LogP contribution in [-0.4, -0.2) is 32.1 Å². The van der Waals surface area contributed by atoms with Crippen molar-refractivity contribution in [3.63, 3.8) is 0 Å². The summed E-state index contributed by atoms with van der Waals surface area (Å²) in [4.78, 5) is 23.3. The minimum absolute atomic E-state index is 0.0274. The van der Waals surface area contributed by atoms with Gasteiger partial charge in [0.2, 0.25) is 5.91 Å². The lowest BCUT2D eigenvalue weighted by molar-refractivity contribution is -0.149. The van der Waals surface area contributed by atoms with Crippen molar-refractivity contribution in [3.8, 4) is 5.75 Å². The van der Waals surface area contributed by atoms with Gasteiger partial charge in [0.25, 0.3) is 0 Å². The number of nitrogens with one attached hydrogen (secondary N) is 1. The van der Waals surface area contributed by atoms with Gasteiger partial charge in [-0.1, -0.05) is 0 Å². The van der Waals surface area contributed by atoms with E-state index in [4.69, 9.17) is 4.74 Å². The second kappa shape index (κ2) is 6.07. The van der Waals surface area contributed by atoms with E-state index in [1.165, 1.54) is 0 Å². The number of carbonyl (C=O) groups excluding carboxylic acids is 2. The molecule has 7 heteroatoms. The van der Waals surface area contributed by atoms with Crippen molar-refractivity contribution < 1.29 is 27.8 Å². The first-order chi connectivity index (χ1) is 9.99. The van der Waals surface area contributed by atoms with E-state index in [0.717, 1.165) is 19.2 Å². The average molecular weight is 299 g/mol. The molecule has 0 saturated carbocycles. The van der Waals surface area contributed by atoms with Crippen LogP contribution in [0.2, 0.25) is 0 Å². The number of hydrogen-bond donors (Lipinski definition) is 1. The molecule has 0 aliphatic carbocycles. The van der Waals surface area contributed by atoms with E-state index in [1.807, 2.05) is 0 Å². The number of amides is 1. The quantitative estimate of drug-likeness (QED) is 0.673. The van der Waals surface area contributed by atoms with Crippen LogP contribution in [-0.2, 0) is 14.3 Å². The van der Waals surface area contributed by atoms with Crippen LogP contribution in [0.25, 0.3) is 0 Å². The lowest BCUT2D eigenvalue weighted by atomic mass is 9.87. The van der Waals surface area contributed by atoms with Gasteiger partial charge in [-0.3, -0.25) is 9.59 Å². The molecule has 1 aliphatic rings. The Morgan fingerprint density at radius 1 is 1.38 bits per heavy atom. The SMILES string of the molecule is CCOc1cc(F)c([C@@H]2CNC(=O)[C@H]2C(=O)OC)c(F)c1. The molecule has 1 aromatic rings. The molecule has 0 spiro atoms. The van der Waals surface area contributed by atoms with E-state index in [1.54, 1.807) is 6.92 Å². The zero-order valence-corrected chi connectivity index (χ0v) is 11.6. The smallest absolute Gasteiger partial charge is 0.318 e. The fourth-order valence-corrected chi connectivity index (χ4v) is 2.45. The van der Waals surface area contributed by atoms with Gasteiger partial charge in [0, 0.05) is 30.2 Å². The predicted octanol–water partition coefficient (Wildman–Crippen LogP) is 1.37. The van der Waals surface area contributed by atoms with Gasteiger partial charge in [-0.2, -0.15) is 0 Å². The molecule has 114 valence electrons. The standard InChI is InChI=1S/C14H15F2NO4/c1-3-21-7-4-9(15)11(10(16)5-7)8-6-17-13(18)12(8)14(19)20-2/h4-5,8,12H,3,6H2,1-2H3,(H,17,18)/t8-,12-/m0/s1. The number of halogens is 2. The Kier molecular flexibility index (Phi) is 4.40. The monoisotopic (exact) mass is 299 g/mol. The van der Waals surface area contributed by atoms with Crippen LogP contribution in [0.15, 0.2) is 12.1 Å². The summed E-state index contributed by atoms with van der Waals surface area (Å²) in [5.74, 6) is -5.26. The number of ether oxygens (including phenoxy) is 2. The first-order valence-electron chi connectivity index (χ1n) is 6.46. The molecule has 0 radical (unpaired) electrons. The highest BCUT2D eigenvalue weighted by atomic mass is 19.1. The molecular weight excluding hydrogens is 284 g/mol. The van der Waals surface area contributed by atoms with E-state index in [2.05, 4.69) is 10.1 Å². The fourth-order valence-electron chi connectivity index (χ4n) is 2.45. The molecule has 1 amide bonds.